The molecule has 4 aromatic carbocycles. The summed E-state index contributed by atoms with van der Waals surface area (Å²) in [7, 11) is 0. The topological polar surface area (TPSA) is 25.8 Å². The first-order valence-electron chi connectivity index (χ1n) is 11.3. The molecule has 1 heterocycles. The van der Waals surface area contributed by atoms with Crippen LogP contribution in [-0.4, -0.2) is 9.97 Å². The lowest BCUT2D eigenvalue weighted by molar-refractivity contribution is 1.23. The molecule has 0 unspecified atom stereocenters. The van der Waals surface area contributed by atoms with Crippen LogP contribution in [0.5, 0.6) is 0 Å². The zero-order chi connectivity index (χ0) is 23.4. The molecular formula is C24H15ClN2. The zero-order valence-corrected chi connectivity index (χ0v) is 14.7. The summed E-state index contributed by atoms with van der Waals surface area (Å²) in [4.78, 5) is 8.57. The minimum Gasteiger partial charge on any atom is -0.217 e. The Bertz CT molecular complexity index is 1570. The van der Waals surface area contributed by atoms with Gasteiger partial charge in [-0.25, -0.2) is 9.97 Å². The molecule has 128 valence electrons. The van der Waals surface area contributed by atoms with E-state index in [2.05, 4.69) is 9.97 Å². The first kappa shape index (κ1) is 10.8. The Labute approximate surface area is 170 Å². The van der Waals surface area contributed by atoms with Gasteiger partial charge in [-0.15, -0.1) is 0 Å². The van der Waals surface area contributed by atoms with Crippen molar-refractivity contribution in [1.29, 1.82) is 0 Å². The Morgan fingerprint density at radius 2 is 1.37 bits per heavy atom. The van der Waals surface area contributed by atoms with Gasteiger partial charge in [0.15, 0.2) is 0 Å². The van der Waals surface area contributed by atoms with Gasteiger partial charge in [0.1, 0.15) is 0 Å². The van der Waals surface area contributed by atoms with E-state index in [-0.39, 0.29) is 51.1 Å². The maximum absolute atomic E-state index is 8.64. The van der Waals surface area contributed by atoms with Crippen molar-refractivity contribution < 1.29 is 8.22 Å². The second kappa shape index (κ2) is 6.49. The quantitative estimate of drug-likeness (QED) is 0.252. The van der Waals surface area contributed by atoms with Crippen LogP contribution in [0.1, 0.15) is 8.22 Å². The van der Waals surface area contributed by atoms with E-state index >= 15 is 0 Å². The average Bonchev–Trinajstić information content (AvgIpc) is 2.83. The van der Waals surface area contributed by atoms with Gasteiger partial charge in [0.2, 0.25) is 5.28 Å². The van der Waals surface area contributed by atoms with Crippen LogP contribution in [0.3, 0.4) is 0 Å². The summed E-state index contributed by atoms with van der Waals surface area (Å²) < 4.78 is 49.8. The van der Waals surface area contributed by atoms with Crippen LogP contribution in [0.25, 0.3) is 44.1 Å². The van der Waals surface area contributed by atoms with Crippen molar-refractivity contribution in [2.75, 3.05) is 0 Å². The van der Waals surface area contributed by atoms with Crippen LogP contribution in [0.15, 0.2) is 90.9 Å². The van der Waals surface area contributed by atoms with Gasteiger partial charge in [-0.1, -0.05) is 84.8 Å². The highest BCUT2D eigenvalue weighted by atomic mass is 35.5. The summed E-state index contributed by atoms with van der Waals surface area (Å²) in [5.41, 5.74) is 3.15. The van der Waals surface area contributed by atoms with Crippen LogP contribution < -0.4 is 0 Å². The standard InChI is InChI=1S/C24H15ClN2/c25-24-26-22(19-12-10-17(11-13-19)16-6-2-1-3-7-16)21-15-14-18-8-4-5-9-20(18)23(21)27-24/h1-15H/i4D,5D,8D,9D,14D,15D. The highest BCUT2D eigenvalue weighted by Gasteiger charge is 2.11. The predicted octanol–water partition coefficient (Wildman–Crippen LogP) is 6.77. The number of fused-ring (bicyclic) bond motifs is 3. The molecule has 1 aromatic heterocycles. The van der Waals surface area contributed by atoms with E-state index in [4.69, 9.17) is 19.8 Å². The van der Waals surface area contributed by atoms with Gasteiger partial charge in [-0.3, -0.25) is 0 Å². The minimum atomic E-state index is -0.461. The van der Waals surface area contributed by atoms with Crippen molar-refractivity contribution in [2.24, 2.45) is 0 Å². The van der Waals surface area contributed by atoms with E-state index in [1.807, 2.05) is 54.6 Å². The molecule has 3 heteroatoms. The summed E-state index contributed by atoms with van der Waals surface area (Å²) in [6.07, 6.45) is 0. The van der Waals surface area contributed by atoms with E-state index in [0.717, 1.165) is 11.1 Å². The van der Waals surface area contributed by atoms with Crippen LogP contribution >= 0.6 is 11.6 Å². The molecule has 2 nitrogen and oxygen atoms in total. The molecule has 0 saturated carbocycles. The smallest absolute Gasteiger partial charge is 0.217 e. The van der Waals surface area contributed by atoms with E-state index in [9.17, 15) is 0 Å². The van der Waals surface area contributed by atoms with Gasteiger partial charge in [-0.05, 0) is 34.2 Å². The summed E-state index contributed by atoms with van der Waals surface area (Å²) >= 11 is 6.23. The SMILES string of the molecule is [2H]c1c([2H])c([2H])c2c(c1[2H])c([2H])c([2H])c1c(-c3ccc(-c4ccccc4)cc3)nc(Cl)nc12. The Hall–Kier alpha value is -3.23. The maximum atomic E-state index is 8.64. The van der Waals surface area contributed by atoms with Gasteiger partial charge < -0.3 is 0 Å². The Morgan fingerprint density at radius 3 is 2.19 bits per heavy atom. The molecule has 5 aromatic rings. The normalized spacial score (nSPS) is 14.3. The first-order chi connectivity index (χ1) is 15.8. The lowest BCUT2D eigenvalue weighted by Crippen LogP contribution is -1.92. The molecule has 0 saturated heterocycles. The van der Waals surface area contributed by atoms with Crippen LogP contribution in [-0.2, 0) is 0 Å². The third-order valence-electron chi connectivity index (χ3n) is 4.38. The van der Waals surface area contributed by atoms with Crippen molar-refractivity contribution in [3.05, 3.63) is 96.1 Å². The number of rotatable bonds is 2. The lowest BCUT2D eigenvalue weighted by Gasteiger charge is -2.10. The van der Waals surface area contributed by atoms with E-state index in [1.54, 1.807) is 0 Å². The molecule has 0 spiro atoms. The van der Waals surface area contributed by atoms with Crippen molar-refractivity contribution in [3.63, 3.8) is 0 Å². The van der Waals surface area contributed by atoms with Crippen molar-refractivity contribution in [2.45, 2.75) is 0 Å². The molecule has 0 aliphatic rings. The predicted molar refractivity (Wildman–Crippen MR) is 113 cm³/mol. The van der Waals surface area contributed by atoms with Crippen LogP contribution in [0.4, 0.5) is 0 Å². The molecule has 5 rings (SSSR count). The number of halogens is 1. The average molecular weight is 373 g/mol. The molecule has 0 atom stereocenters. The number of hydrogen-bond donors (Lipinski definition) is 0. The molecule has 0 aliphatic carbocycles. The number of benzene rings is 4. The molecule has 27 heavy (non-hydrogen) atoms. The fourth-order valence-electron chi connectivity index (χ4n) is 3.10. The summed E-state index contributed by atoms with van der Waals surface area (Å²) in [6.45, 7) is 0. The fraction of sp³-hybridized carbons (Fsp3) is 0. The molecule has 0 fully saturated rings. The summed E-state index contributed by atoms with van der Waals surface area (Å²) in [5.74, 6) is 0. The second-order valence-corrected chi connectivity index (χ2v) is 6.35. The largest absolute Gasteiger partial charge is 0.223 e. The van der Waals surface area contributed by atoms with Crippen molar-refractivity contribution in [1.82, 2.24) is 9.97 Å². The van der Waals surface area contributed by atoms with E-state index < -0.39 is 12.1 Å². The van der Waals surface area contributed by atoms with E-state index in [1.165, 1.54) is 0 Å². The molecule has 0 aliphatic heterocycles. The molecule has 0 amide bonds. The van der Waals surface area contributed by atoms with Crippen LogP contribution in [0.2, 0.25) is 5.28 Å². The number of nitrogens with zero attached hydrogens (tertiary/aromatic N) is 2. The molecular weight excluding hydrogens is 352 g/mol. The molecule has 0 bridgehead atoms. The van der Waals surface area contributed by atoms with Crippen molar-refractivity contribution >= 4 is 33.3 Å². The van der Waals surface area contributed by atoms with Crippen LogP contribution in [0, 0.1) is 0 Å². The minimum absolute atomic E-state index is 0.0568. The third-order valence-corrected chi connectivity index (χ3v) is 4.55. The highest BCUT2D eigenvalue weighted by molar-refractivity contribution is 6.29. The van der Waals surface area contributed by atoms with Gasteiger partial charge >= 0.3 is 0 Å². The first-order valence-corrected chi connectivity index (χ1v) is 8.69. The van der Waals surface area contributed by atoms with E-state index in [0.29, 0.717) is 11.3 Å². The number of hydrogen-bond acceptors (Lipinski definition) is 2. The fourth-order valence-corrected chi connectivity index (χ4v) is 3.27. The second-order valence-electron chi connectivity index (χ2n) is 6.01. The van der Waals surface area contributed by atoms with Crippen molar-refractivity contribution in [3.8, 4) is 22.4 Å². The van der Waals surface area contributed by atoms with Gasteiger partial charge in [-0.2, -0.15) is 0 Å². The maximum Gasteiger partial charge on any atom is 0.223 e. The van der Waals surface area contributed by atoms with Gasteiger partial charge in [0, 0.05) is 16.3 Å². The summed E-state index contributed by atoms with van der Waals surface area (Å²) in [6, 6.07) is 15.2. The van der Waals surface area contributed by atoms with Gasteiger partial charge in [0.25, 0.3) is 0 Å². The molecule has 0 radical (unpaired) electrons. The Kier molecular flexibility index (Phi) is 2.60. The Morgan fingerprint density at radius 1 is 0.667 bits per heavy atom. The monoisotopic (exact) mass is 372 g/mol. The zero-order valence-electron chi connectivity index (χ0n) is 20.0. The Balaban J connectivity index is 1.85. The summed E-state index contributed by atoms with van der Waals surface area (Å²) in [5, 5.41) is 0.104. The highest BCUT2D eigenvalue weighted by Crippen LogP contribution is 2.32. The molecule has 0 N–H and O–H groups in total. The number of aromatic nitrogens is 2. The third kappa shape index (κ3) is 2.84. The van der Waals surface area contributed by atoms with Gasteiger partial charge in [0.05, 0.1) is 19.4 Å². The lowest BCUT2D eigenvalue weighted by atomic mass is 9.99.